The van der Waals surface area contributed by atoms with Crippen LogP contribution in [0.1, 0.15) is 5.89 Å². The van der Waals surface area contributed by atoms with Gasteiger partial charge in [0.1, 0.15) is 0 Å². The quantitative estimate of drug-likeness (QED) is 0.843. The van der Waals surface area contributed by atoms with Crippen LogP contribution in [0.25, 0.3) is 0 Å². The van der Waals surface area contributed by atoms with Crippen LogP contribution in [0.15, 0.2) is 28.7 Å². The fourth-order valence-corrected chi connectivity index (χ4v) is 1.63. The number of aryl methyl sites for hydroxylation is 1. The summed E-state index contributed by atoms with van der Waals surface area (Å²) in [4.78, 5) is 2.03. The molecule has 1 aromatic carbocycles. The van der Waals surface area contributed by atoms with E-state index in [4.69, 9.17) is 16.0 Å². The molecule has 6 heteroatoms. The molecule has 5 nitrogen and oxygen atoms in total. The monoisotopic (exact) mass is 266 g/mol. The van der Waals surface area contributed by atoms with E-state index in [0.717, 1.165) is 11.4 Å². The van der Waals surface area contributed by atoms with Gasteiger partial charge in [0.05, 0.1) is 0 Å². The third kappa shape index (κ3) is 3.13. The van der Waals surface area contributed by atoms with E-state index in [0.29, 0.717) is 24.2 Å². The number of hydrogen-bond acceptors (Lipinski definition) is 5. The van der Waals surface area contributed by atoms with E-state index in [1.54, 1.807) is 0 Å². The van der Waals surface area contributed by atoms with E-state index in [1.165, 1.54) is 0 Å². The van der Waals surface area contributed by atoms with Gasteiger partial charge in [0, 0.05) is 37.8 Å². The summed E-state index contributed by atoms with van der Waals surface area (Å²) in [6.07, 6.45) is 0.577. The Bertz CT molecular complexity index is 512. The highest BCUT2D eigenvalue weighted by Crippen LogP contribution is 2.20. The van der Waals surface area contributed by atoms with Gasteiger partial charge in [-0.25, -0.2) is 0 Å². The van der Waals surface area contributed by atoms with Crippen molar-refractivity contribution in [3.63, 3.8) is 0 Å². The van der Waals surface area contributed by atoms with Crippen molar-refractivity contribution in [1.29, 1.82) is 0 Å². The highest BCUT2D eigenvalue weighted by Gasteiger charge is 2.06. The van der Waals surface area contributed by atoms with E-state index in [1.807, 2.05) is 43.3 Å². The largest absolute Gasteiger partial charge is 0.408 e. The van der Waals surface area contributed by atoms with E-state index in [-0.39, 0.29) is 0 Å². The SMILES string of the molecule is CN(C)c1cccc(Nc2nnc(CCCl)o2)c1. The zero-order valence-corrected chi connectivity index (χ0v) is 11.1. The molecule has 0 saturated carbocycles. The Kier molecular flexibility index (Phi) is 4.04. The van der Waals surface area contributed by atoms with Crippen LogP contribution in [0.5, 0.6) is 0 Å². The average molecular weight is 267 g/mol. The number of hydrogen-bond donors (Lipinski definition) is 1. The molecule has 2 aromatic rings. The zero-order valence-electron chi connectivity index (χ0n) is 10.4. The standard InChI is InChI=1S/C12H15ClN4O/c1-17(2)10-5-3-4-9(8-10)14-12-16-15-11(18-12)6-7-13/h3-5,8H,6-7H2,1-2H3,(H,14,16). The minimum absolute atomic E-state index is 0.381. The summed E-state index contributed by atoms with van der Waals surface area (Å²) < 4.78 is 5.40. The lowest BCUT2D eigenvalue weighted by atomic mass is 10.2. The Labute approximate surface area is 111 Å². The van der Waals surface area contributed by atoms with Gasteiger partial charge in [0.15, 0.2) is 0 Å². The maximum Gasteiger partial charge on any atom is 0.320 e. The lowest BCUT2D eigenvalue weighted by Gasteiger charge is -2.13. The highest BCUT2D eigenvalue weighted by atomic mass is 35.5. The Morgan fingerprint density at radius 2 is 2.17 bits per heavy atom. The fourth-order valence-electron chi connectivity index (χ4n) is 1.47. The first-order chi connectivity index (χ1) is 8.69. The van der Waals surface area contributed by atoms with Crippen LogP contribution in [0.3, 0.4) is 0 Å². The summed E-state index contributed by atoms with van der Waals surface area (Å²) >= 11 is 5.61. The van der Waals surface area contributed by atoms with Crippen molar-refractivity contribution >= 4 is 29.0 Å². The van der Waals surface area contributed by atoms with Gasteiger partial charge in [0.25, 0.3) is 0 Å². The van der Waals surface area contributed by atoms with Crippen molar-refractivity contribution in [2.45, 2.75) is 6.42 Å². The van der Waals surface area contributed by atoms with Crippen LogP contribution in [0.2, 0.25) is 0 Å². The first kappa shape index (κ1) is 12.7. The Morgan fingerprint density at radius 3 is 2.89 bits per heavy atom. The topological polar surface area (TPSA) is 54.2 Å². The first-order valence-corrected chi connectivity index (χ1v) is 6.15. The molecule has 0 bridgehead atoms. The molecule has 1 N–H and O–H groups in total. The number of halogens is 1. The Hall–Kier alpha value is -1.75. The van der Waals surface area contributed by atoms with Gasteiger partial charge >= 0.3 is 6.01 Å². The predicted octanol–water partition coefficient (Wildman–Crippen LogP) is 2.66. The molecule has 2 rings (SSSR count). The molecule has 0 aliphatic rings. The molecular formula is C12H15ClN4O. The smallest absolute Gasteiger partial charge is 0.320 e. The molecule has 0 aliphatic heterocycles. The zero-order chi connectivity index (χ0) is 13.0. The third-order valence-corrected chi connectivity index (χ3v) is 2.58. The second-order valence-electron chi connectivity index (χ2n) is 4.01. The first-order valence-electron chi connectivity index (χ1n) is 5.62. The van der Waals surface area contributed by atoms with Crippen LogP contribution < -0.4 is 10.2 Å². The third-order valence-electron chi connectivity index (χ3n) is 2.39. The molecule has 96 valence electrons. The van der Waals surface area contributed by atoms with E-state index < -0.39 is 0 Å². The number of alkyl halides is 1. The van der Waals surface area contributed by atoms with Gasteiger partial charge in [0.2, 0.25) is 5.89 Å². The molecule has 1 aromatic heterocycles. The number of rotatable bonds is 5. The second kappa shape index (κ2) is 5.73. The second-order valence-corrected chi connectivity index (χ2v) is 4.39. The number of benzene rings is 1. The van der Waals surface area contributed by atoms with Crippen molar-refractivity contribution in [2.24, 2.45) is 0 Å². The van der Waals surface area contributed by atoms with Crippen LogP contribution >= 0.6 is 11.6 Å². The molecular weight excluding hydrogens is 252 g/mol. The molecule has 0 radical (unpaired) electrons. The Morgan fingerprint density at radius 1 is 1.33 bits per heavy atom. The maximum atomic E-state index is 5.61. The molecule has 0 amide bonds. The van der Waals surface area contributed by atoms with E-state index in [9.17, 15) is 0 Å². The molecule has 0 aliphatic carbocycles. The minimum Gasteiger partial charge on any atom is -0.408 e. The van der Waals surface area contributed by atoms with Gasteiger partial charge < -0.3 is 14.6 Å². The van der Waals surface area contributed by atoms with Gasteiger partial charge in [-0.3, -0.25) is 0 Å². The van der Waals surface area contributed by atoms with E-state index in [2.05, 4.69) is 15.5 Å². The summed E-state index contributed by atoms with van der Waals surface area (Å²) in [7, 11) is 3.98. The molecule has 0 unspecified atom stereocenters. The number of nitrogens with zero attached hydrogens (tertiary/aromatic N) is 3. The number of anilines is 3. The van der Waals surface area contributed by atoms with Crippen molar-refractivity contribution < 1.29 is 4.42 Å². The summed E-state index contributed by atoms with van der Waals surface area (Å²) in [5, 5.41) is 10.9. The summed E-state index contributed by atoms with van der Waals surface area (Å²) in [5.41, 5.74) is 2.00. The lowest BCUT2D eigenvalue weighted by Crippen LogP contribution is -2.08. The summed E-state index contributed by atoms with van der Waals surface area (Å²) in [6.45, 7) is 0. The van der Waals surface area contributed by atoms with Crippen LogP contribution in [-0.4, -0.2) is 30.2 Å². The van der Waals surface area contributed by atoms with Gasteiger partial charge in [-0.05, 0) is 18.2 Å². The van der Waals surface area contributed by atoms with Crippen LogP contribution in [0, 0.1) is 0 Å². The van der Waals surface area contributed by atoms with Crippen molar-refractivity contribution in [1.82, 2.24) is 10.2 Å². The lowest BCUT2D eigenvalue weighted by molar-refractivity contribution is 0.516. The number of nitrogens with one attached hydrogen (secondary N) is 1. The fraction of sp³-hybridized carbons (Fsp3) is 0.333. The summed E-state index contributed by atoms with van der Waals surface area (Å²) in [6, 6.07) is 8.32. The molecule has 1 heterocycles. The van der Waals surface area contributed by atoms with Crippen molar-refractivity contribution in [2.75, 3.05) is 30.2 Å². The molecule has 0 saturated heterocycles. The van der Waals surface area contributed by atoms with E-state index >= 15 is 0 Å². The molecule has 18 heavy (non-hydrogen) atoms. The minimum atomic E-state index is 0.381. The van der Waals surface area contributed by atoms with Gasteiger partial charge in [-0.15, -0.1) is 16.7 Å². The van der Waals surface area contributed by atoms with Crippen LogP contribution in [-0.2, 0) is 6.42 Å². The Balaban J connectivity index is 2.10. The van der Waals surface area contributed by atoms with Crippen LogP contribution in [0.4, 0.5) is 17.4 Å². The molecule has 0 atom stereocenters. The average Bonchev–Trinajstić information content (AvgIpc) is 2.77. The molecule has 0 fully saturated rings. The van der Waals surface area contributed by atoms with Gasteiger partial charge in [-0.1, -0.05) is 11.2 Å². The number of aromatic nitrogens is 2. The maximum absolute atomic E-state index is 5.61. The predicted molar refractivity (Wildman–Crippen MR) is 72.8 cm³/mol. The summed E-state index contributed by atoms with van der Waals surface area (Å²) in [5.74, 6) is 1.01. The highest BCUT2D eigenvalue weighted by molar-refractivity contribution is 6.17. The molecule has 0 spiro atoms. The van der Waals surface area contributed by atoms with Crippen molar-refractivity contribution in [3.05, 3.63) is 30.2 Å². The van der Waals surface area contributed by atoms with Crippen molar-refractivity contribution in [3.8, 4) is 0 Å². The normalized spacial score (nSPS) is 10.4. The van der Waals surface area contributed by atoms with Gasteiger partial charge in [-0.2, -0.15) is 0 Å².